The number of ether oxygens (including phenoxy) is 2. The number of thioether (sulfide) groups is 1. The molecule has 110 valence electrons. The van der Waals surface area contributed by atoms with Gasteiger partial charge in [-0.1, -0.05) is 0 Å². The van der Waals surface area contributed by atoms with E-state index < -0.39 is 11.9 Å². The van der Waals surface area contributed by atoms with E-state index in [9.17, 15) is 9.59 Å². The standard InChI is InChI=1S/C14H19NO4S/c1-7-9(12(16)18-5)10(13(17)19-6)11-14(3,4)20-8(2)15(7)11/h8H,1-6H3/t8-/m1/s1. The van der Waals surface area contributed by atoms with Gasteiger partial charge in [-0.3, -0.25) is 0 Å². The van der Waals surface area contributed by atoms with Gasteiger partial charge >= 0.3 is 11.9 Å². The molecule has 0 aliphatic carbocycles. The second-order valence-electron chi connectivity index (χ2n) is 5.26. The molecule has 1 aliphatic rings. The van der Waals surface area contributed by atoms with Gasteiger partial charge in [-0.05, 0) is 27.7 Å². The van der Waals surface area contributed by atoms with Crippen molar-refractivity contribution in [1.82, 2.24) is 4.57 Å². The summed E-state index contributed by atoms with van der Waals surface area (Å²) in [6.45, 7) is 7.97. The minimum absolute atomic E-state index is 0.154. The Bertz CT molecular complexity index is 588. The summed E-state index contributed by atoms with van der Waals surface area (Å²) in [4.78, 5) is 24.2. The number of hydrogen-bond donors (Lipinski definition) is 0. The van der Waals surface area contributed by atoms with Crippen LogP contribution in [-0.2, 0) is 14.2 Å². The summed E-state index contributed by atoms with van der Waals surface area (Å²) in [6.07, 6.45) is 0. The minimum atomic E-state index is -0.502. The predicted octanol–water partition coefficient (Wildman–Crippen LogP) is 2.87. The van der Waals surface area contributed by atoms with E-state index >= 15 is 0 Å². The van der Waals surface area contributed by atoms with Crippen LogP contribution in [0.15, 0.2) is 0 Å². The first-order valence-electron chi connectivity index (χ1n) is 6.36. The second kappa shape index (κ2) is 4.84. The molecule has 0 amide bonds. The Hall–Kier alpha value is -1.43. The number of fused-ring (bicyclic) bond motifs is 1. The predicted molar refractivity (Wildman–Crippen MR) is 77.2 cm³/mol. The summed E-state index contributed by atoms with van der Waals surface area (Å²) in [5, 5.41) is 0.154. The van der Waals surface area contributed by atoms with Crippen LogP contribution < -0.4 is 0 Å². The fourth-order valence-electron chi connectivity index (χ4n) is 2.94. The van der Waals surface area contributed by atoms with Gasteiger partial charge in [0.25, 0.3) is 0 Å². The summed E-state index contributed by atoms with van der Waals surface area (Å²) in [7, 11) is 2.64. The molecule has 20 heavy (non-hydrogen) atoms. The zero-order valence-corrected chi connectivity index (χ0v) is 13.4. The zero-order valence-electron chi connectivity index (χ0n) is 12.6. The highest BCUT2D eigenvalue weighted by Gasteiger charge is 2.44. The molecule has 0 spiro atoms. The molecule has 2 heterocycles. The molecule has 0 radical (unpaired) electrons. The van der Waals surface area contributed by atoms with E-state index in [-0.39, 0.29) is 10.1 Å². The van der Waals surface area contributed by atoms with E-state index in [4.69, 9.17) is 9.47 Å². The molecule has 0 fully saturated rings. The highest BCUT2D eigenvalue weighted by Crippen LogP contribution is 2.53. The normalized spacial score (nSPS) is 19.6. The van der Waals surface area contributed by atoms with Gasteiger partial charge in [-0.15, -0.1) is 11.8 Å². The summed E-state index contributed by atoms with van der Waals surface area (Å²) in [5.74, 6) is -0.997. The Kier molecular flexibility index (Phi) is 3.62. The highest BCUT2D eigenvalue weighted by molar-refractivity contribution is 8.00. The van der Waals surface area contributed by atoms with Crippen LogP contribution in [-0.4, -0.2) is 30.7 Å². The van der Waals surface area contributed by atoms with Crippen LogP contribution in [0.1, 0.15) is 58.2 Å². The fraction of sp³-hybridized carbons (Fsp3) is 0.571. The minimum Gasteiger partial charge on any atom is -0.465 e. The van der Waals surface area contributed by atoms with Crippen molar-refractivity contribution in [2.75, 3.05) is 14.2 Å². The Labute approximate surface area is 122 Å². The lowest BCUT2D eigenvalue weighted by Crippen LogP contribution is -2.17. The number of hydrogen-bond acceptors (Lipinski definition) is 5. The molecule has 1 aliphatic heterocycles. The Morgan fingerprint density at radius 1 is 1.15 bits per heavy atom. The van der Waals surface area contributed by atoms with Crippen molar-refractivity contribution in [2.24, 2.45) is 0 Å². The first-order valence-corrected chi connectivity index (χ1v) is 7.24. The van der Waals surface area contributed by atoms with Gasteiger partial charge in [0.05, 0.1) is 41.2 Å². The van der Waals surface area contributed by atoms with Crippen LogP contribution in [0.2, 0.25) is 0 Å². The molecular weight excluding hydrogens is 278 g/mol. The summed E-state index contributed by atoms with van der Waals surface area (Å²) in [5.41, 5.74) is 2.23. The molecule has 2 rings (SSSR count). The molecule has 6 heteroatoms. The number of carbonyl (C=O) groups is 2. The monoisotopic (exact) mass is 297 g/mol. The average molecular weight is 297 g/mol. The molecule has 1 aromatic rings. The van der Waals surface area contributed by atoms with Gasteiger partial charge in [-0.2, -0.15) is 0 Å². The van der Waals surface area contributed by atoms with Crippen molar-refractivity contribution < 1.29 is 19.1 Å². The number of esters is 2. The van der Waals surface area contributed by atoms with Gasteiger partial charge in [0, 0.05) is 5.69 Å². The van der Waals surface area contributed by atoms with E-state index in [0.717, 1.165) is 11.4 Å². The Morgan fingerprint density at radius 3 is 2.15 bits per heavy atom. The number of methoxy groups -OCH3 is 2. The third-order valence-corrected chi connectivity index (χ3v) is 4.96. The number of aromatic nitrogens is 1. The van der Waals surface area contributed by atoms with E-state index in [0.29, 0.717) is 11.1 Å². The van der Waals surface area contributed by atoms with E-state index in [1.54, 1.807) is 11.8 Å². The smallest absolute Gasteiger partial charge is 0.340 e. The topological polar surface area (TPSA) is 57.5 Å². The lowest BCUT2D eigenvalue weighted by Gasteiger charge is -2.18. The number of carbonyl (C=O) groups excluding carboxylic acids is 2. The molecule has 0 N–H and O–H groups in total. The molecule has 0 bridgehead atoms. The van der Waals surface area contributed by atoms with E-state index in [2.05, 4.69) is 6.92 Å². The van der Waals surface area contributed by atoms with Crippen molar-refractivity contribution in [3.05, 3.63) is 22.5 Å². The first-order chi connectivity index (χ1) is 9.26. The van der Waals surface area contributed by atoms with Crippen LogP contribution in [0.5, 0.6) is 0 Å². The Morgan fingerprint density at radius 2 is 1.65 bits per heavy atom. The first kappa shape index (κ1) is 15.0. The van der Waals surface area contributed by atoms with Gasteiger partial charge in [-0.25, -0.2) is 9.59 Å². The summed E-state index contributed by atoms with van der Waals surface area (Å²) < 4.78 is 11.5. The maximum atomic E-state index is 12.2. The second-order valence-corrected chi connectivity index (χ2v) is 7.20. The third kappa shape index (κ3) is 1.93. The number of nitrogens with zero attached hydrogens (tertiary/aromatic N) is 1. The maximum Gasteiger partial charge on any atom is 0.340 e. The molecule has 0 saturated heterocycles. The lowest BCUT2D eigenvalue weighted by atomic mass is 10.0. The van der Waals surface area contributed by atoms with Crippen LogP contribution in [0, 0.1) is 6.92 Å². The highest BCUT2D eigenvalue weighted by atomic mass is 32.2. The Balaban J connectivity index is 2.82. The van der Waals surface area contributed by atoms with Crippen LogP contribution >= 0.6 is 11.8 Å². The summed E-state index contributed by atoms with van der Waals surface area (Å²) >= 11 is 1.75. The SMILES string of the molecule is COC(=O)c1c(C(=O)OC)c2n(c1C)[C@@H](C)SC2(C)C. The van der Waals surface area contributed by atoms with Crippen molar-refractivity contribution in [2.45, 2.75) is 37.8 Å². The van der Waals surface area contributed by atoms with Gasteiger partial charge < -0.3 is 14.0 Å². The van der Waals surface area contributed by atoms with Crippen molar-refractivity contribution in [3.8, 4) is 0 Å². The molecule has 0 aromatic carbocycles. The van der Waals surface area contributed by atoms with Gasteiger partial charge in [0.1, 0.15) is 0 Å². The fourth-order valence-corrected chi connectivity index (χ4v) is 4.47. The summed E-state index contributed by atoms with van der Waals surface area (Å²) in [6, 6.07) is 0. The zero-order chi connectivity index (χ0) is 15.2. The average Bonchev–Trinajstić information content (AvgIpc) is 2.82. The van der Waals surface area contributed by atoms with E-state index in [1.165, 1.54) is 14.2 Å². The van der Waals surface area contributed by atoms with Gasteiger partial charge in [0.15, 0.2) is 0 Å². The van der Waals surface area contributed by atoms with Crippen LogP contribution in [0.25, 0.3) is 0 Å². The van der Waals surface area contributed by atoms with Crippen molar-refractivity contribution >= 4 is 23.7 Å². The van der Waals surface area contributed by atoms with Crippen molar-refractivity contribution in [1.29, 1.82) is 0 Å². The van der Waals surface area contributed by atoms with Crippen molar-refractivity contribution in [3.63, 3.8) is 0 Å². The van der Waals surface area contributed by atoms with Gasteiger partial charge in [0.2, 0.25) is 0 Å². The molecule has 0 saturated carbocycles. The molecule has 1 atom stereocenters. The molecular formula is C14H19NO4S. The quantitative estimate of drug-likeness (QED) is 0.786. The lowest BCUT2D eigenvalue weighted by molar-refractivity contribution is 0.0554. The number of rotatable bonds is 2. The molecule has 5 nitrogen and oxygen atoms in total. The molecule has 1 aromatic heterocycles. The molecule has 0 unspecified atom stereocenters. The third-order valence-electron chi connectivity index (χ3n) is 3.63. The van der Waals surface area contributed by atoms with E-state index in [1.807, 2.05) is 25.3 Å². The largest absolute Gasteiger partial charge is 0.465 e. The maximum absolute atomic E-state index is 12.2. The van der Waals surface area contributed by atoms with Crippen LogP contribution in [0.3, 0.4) is 0 Å². The van der Waals surface area contributed by atoms with Crippen LogP contribution in [0.4, 0.5) is 0 Å².